The molecule has 0 saturated carbocycles. The SMILES string of the molecule is CCN1CCN(c2cc(Cl)nc3ccoc23)CC1. The van der Waals surface area contributed by atoms with Gasteiger partial charge < -0.3 is 14.2 Å². The van der Waals surface area contributed by atoms with E-state index in [2.05, 4.69) is 21.7 Å². The van der Waals surface area contributed by atoms with Crippen LogP contribution in [0.2, 0.25) is 5.15 Å². The molecule has 0 N–H and O–H groups in total. The van der Waals surface area contributed by atoms with Crippen molar-refractivity contribution in [3.05, 3.63) is 23.5 Å². The molecule has 3 heterocycles. The number of hydrogen-bond donors (Lipinski definition) is 0. The minimum atomic E-state index is 0.525. The summed E-state index contributed by atoms with van der Waals surface area (Å²) in [6, 6.07) is 3.75. The zero-order chi connectivity index (χ0) is 12.5. The summed E-state index contributed by atoms with van der Waals surface area (Å²) in [5, 5.41) is 0.525. The molecule has 0 unspecified atom stereocenters. The molecule has 0 radical (unpaired) electrons. The molecule has 3 rings (SSSR count). The Morgan fingerprint density at radius 2 is 2.11 bits per heavy atom. The second-order valence-electron chi connectivity index (χ2n) is 4.52. The number of fused-ring (bicyclic) bond motifs is 1. The van der Waals surface area contributed by atoms with Crippen molar-refractivity contribution in [3.8, 4) is 0 Å². The van der Waals surface area contributed by atoms with Gasteiger partial charge in [0.15, 0.2) is 5.58 Å². The molecule has 2 aromatic heterocycles. The Morgan fingerprint density at radius 1 is 1.33 bits per heavy atom. The minimum absolute atomic E-state index is 0.525. The lowest BCUT2D eigenvalue weighted by atomic mass is 10.2. The highest BCUT2D eigenvalue weighted by atomic mass is 35.5. The van der Waals surface area contributed by atoms with Crippen molar-refractivity contribution >= 4 is 28.4 Å². The van der Waals surface area contributed by atoms with Gasteiger partial charge in [-0.15, -0.1) is 0 Å². The number of piperazine rings is 1. The average Bonchev–Trinajstić information content (AvgIpc) is 2.86. The zero-order valence-electron chi connectivity index (χ0n) is 10.4. The maximum Gasteiger partial charge on any atom is 0.175 e. The van der Waals surface area contributed by atoms with Crippen LogP contribution in [0.3, 0.4) is 0 Å². The van der Waals surface area contributed by atoms with E-state index >= 15 is 0 Å². The van der Waals surface area contributed by atoms with E-state index in [1.54, 1.807) is 6.26 Å². The van der Waals surface area contributed by atoms with Crippen LogP contribution < -0.4 is 4.90 Å². The highest BCUT2D eigenvalue weighted by Crippen LogP contribution is 2.29. The third-order valence-electron chi connectivity index (χ3n) is 3.52. The first-order valence-corrected chi connectivity index (χ1v) is 6.67. The van der Waals surface area contributed by atoms with Crippen LogP contribution in [0, 0.1) is 0 Å². The predicted octanol–water partition coefficient (Wildman–Crippen LogP) is 2.62. The third kappa shape index (κ3) is 2.06. The molecule has 5 heteroatoms. The number of rotatable bonds is 2. The second-order valence-corrected chi connectivity index (χ2v) is 4.91. The smallest absolute Gasteiger partial charge is 0.175 e. The molecule has 0 bridgehead atoms. The summed E-state index contributed by atoms with van der Waals surface area (Å²) < 4.78 is 5.53. The van der Waals surface area contributed by atoms with Crippen molar-refractivity contribution in [2.24, 2.45) is 0 Å². The van der Waals surface area contributed by atoms with Crippen LogP contribution >= 0.6 is 11.6 Å². The fourth-order valence-corrected chi connectivity index (χ4v) is 2.64. The lowest BCUT2D eigenvalue weighted by molar-refractivity contribution is 0.271. The fraction of sp³-hybridized carbons (Fsp3) is 0.462. The van der Waals surface area contributed by atoms with Gasteiger partial charge in [-0.25, -0.2) is 4.98 Å². The van der Waals surface area contributed by atoms with Crippen LogP contribution in [0.5, 0.6) is 0 Å². The van der Waals surface area contributed by atoms with Crippen LogP contribution in [-0.4, -0.2) is 42.6 Å². The van der Waals surface area contributed by atoms with Crippen LogP contribution in [0.15, 0.2) is 22.8 Å². The largest absolute Gasteiger partial charge is 0.460 e. The average molecular weight is 266 g/mol. The first-order chi connectivity index (χ1) is 8.78. The number of pyridine rings is 1. The Hall–Kier alpha value is -1.26. The number of hydrogen-bond acceptors (Lipinski definition) is 4. The molecule has 0 spiro atoms. The summed E-state index contributed by atoms with van der Waals surface area (Å²) in [6.07, 6.45) is 1.67. The first-order valence-electron chi connectivity index (χ1n) is 6.29. The van der Waals surface area contributed by atoms with Gasteiger partial charge in [-0.1, -0.05) is 18.5 Å². The van der Waals surface area contributed by atoms with Crippen LogP contribution in [0.1, 0.15) is 6.92 Å². The molecule has 2 aromatic rings. The highest BCUT2D eigenvalue weighted by molar-refractivity contribution is 6.30. The van der Waals surface area contributed by atoms with Crippen molar-refractivity contribution in [3.63, 3.8) is 0 Å². The van der Waals surface area contributed by atoms with E-state index in [9.17, 15) is 0 Å². The molecule has 1 aliphatic rings. The molecular weight excluding hydrogens is 250 g/mol. The topological polar surface area (TPSA) is 32.5 Å². The summed E-state index contributed by atoms with van der Waals surface area (Å²) in [6.45, 7) is 7.48. The van der Waals surface area contributed by atoms with E-state index < -0.39 is 0 Å². The van der Waals surface area contributed by atoms with Gasteiger partial charge >= 0.3 is 0 Å². The minimum Gasteiger partial charge on any atom is -0.460 e. The van der Waals surface area contributed by atoms with Gasteiger partial charge in [-0.3, -0.25) is 0 Å². The van der Waals surface area contributed by atoms with Gasteiger partial charge in [0.05, 0.1) is 12.0 Å². The van der Waals surface area contributed by atoms with Crippen molar-refractivity contribution in [2.45, 2.75) is 6.92 Å². The second kappa shape index (κ2) is 4.78. The van der Waals surface area contributed by atoms with E-state index in [1.165, 1.54) is 0 Å². The molecule has 18 heavy (non-hydrogen) atoms. The molecule has 1 fully saturated rings. The van der Waals surface area contributed by atoms with Gasteiger partial charge in [0.2, 0.25) is 0 Å². The van der Waals surface area contributed by atoms with E-state index in [4.69, 9.17) is 16.0 Å². The van der Waals surface area contributed by atoms with Gasteiger partial charge in [-0.2, -0.15) is 0 Å². The molecular formula is C13H16ClN3O. The monoisotopic (exact) mass is 265 g/mol. The summed E-state index contributed by atoms with van der Waals surface area (Å²) >= 11 is 6.07. The maximum absolute atomic E-state index is 6.07. The quantitative estimate of drug-likeness (QED) is 0.782. The van der Waals surface area contributed by atoms with Crippen molar-refractivity contribution < 1.29 is 4.42 Å². The Balaban J connectivity index is 1.92. The van der Waals surface area contributed by atoms with Crippen molar-refractivity contribution in [2.75, 3.05) is 37.6 Å². The Kier molecular flexibility index (Phi) is 3.14. The van der Waals surface area contributed by atoms with Gasteiger partial charge in [0.25, 0.3) is 0 Å². The molecule has 0 aliphatic carbocycles. The fourth-order valence-electron chi connectivity index (χ4n) is 2.45. The number of likely N-dealkylation sites (N-methyl/N-ethyl adjacent to an activating group) is 1. The molecule has 1 saturated heterocycles. The van der Waals surface area contributed by atoms with Crippen molar-refractivity contribution in [1.29, 1.82) is 0 Å². The summed E-state index contributed by atoms with van der Waals surface area (Å²) in [4.78, 5) is 9.02. The predicted molar refractivity (Wildman–Crippen MR) is 73.3 cm³/mol. The van der Waals surface area contributed by atoms with E-state index in [-0.39, 0.29) is 0 Å². The number of aromatic nitrogens is 1. The van der Waals surface area contributed by atoms with Crippen LogP contribution in [0.4, 0.5) is 5.69 Å². The maximum atomic E-state index is 6.07. The van der Waals surface area contributed by atoms with Crippen LogP contribution in [0.25, 0.3) is 11.1 Å². The van der Waals surface area contributed by atoms with Crippen molar-refractivity contribution in [1.82, 2.24) is 9.88 Å². The molecule has 0 atom stereocenters. The van der Waals surface area contributed by atoms with Gasteiger partial charge in [0.1, 0.15) is 10.7 Å². The molecule has 4 nitrogen and oxygen atoms in total. The van der Waals surface area contributed by atoms with Gasteiger partial charge in [0, 0.05) is 38.3 Å². The molecule has 0 amide bonds. The van der Waals surface area contributed by atoms with Gasteiger partial charge in [-0.05, 0) is 6.54 Å². The highest BCUT2D eigenvalue weighted by Gasteiger charge is 2.19. The Morgan fingerprint density at radius 3 is 2.83 bits per heavy atom. The standard InChI is InChI=1S/C13H16ClN3O/c1-2-16-4-6-17(7-5-16)11-9-12(14)15-10-3-8-18-13(10)11/h3,8-9H,2,4-7H2,1H3. The number of halogens is 1. The molecule has 0 aromatic carbocycles. The van der Waals surface area contributed by atoms with E-state index in [1.807, 2.05) is 12.1 Å². The van der Waals surface area contributed by atoms with E-state index in [0.717, 1.165) is 49.5 Å². The Labute approximate surface area is 111 Å². The van der Waals surface area contributed by atoms with Crippen LogP contribution in [-0.2, 0) is 0 Å². The number of anilines is 1. The summed E-state index contributed by atoms with van der Waals surface area (Å²) in [5.74, 6) is 0. The first kappa shape index (κ1) is 11.8. The number of furan rings is 1. The lowest BCUT2D eigenvalue weighted by Crippen LogP contribution is -2.46. The van der Waals surface area contributed by atoms with E-state index in [0.29, 0.717) is 5.15 Å². The molecule has 1 aliphatic heterocycles. The zero-order valence-corrected chi connectivity index (χ0v) is 11.2. The number of nitrogens with zero attached hydrogens (tertiary/aromatic N) is 3. The summed E-state index contributed by atoms with van der Waals surface area (Å²) in [5.41, 5.74) is 2.73. The third-order valence-corrected chi connectivity index (χ3v) is 3.71. The summed E-state index contributed by atoms with van der Waals surface area (Å²) in [7, 11) is 0. The normalized spacial score (nSPS) is 17.6. The lowest BCUT2D eigenvalue weighted by Gasteiger charge is -2.35. The molecule has 96 valence electrons. The Bertz CT molecular complexity index is 546.